The SMILES string of the molecule is CCc1ccc(CC)c(C(=O)CSc2nnc3ccc(S(=O)(=O)N(CC)CC)cn23)c1. The van der Waals surface area contributed by atoms with E-state index in [0.717, 1.165) is 29.5 Å². The van der Waals surface area contributed by atoms with E-state index in [4.69, 9.17) is 0 Å². The Morgan fingerprint density at radius 2 is 1.77 bits per heavy atom. The minimum atomic E-state index is -3.60. The van der Waals surface area contributed by atoms with Crippen LogP contribution in [0.3, 0.4) is 0 Å². The first-order chi connectivity index (χ1) is 14.8. The van der Waals surface area contributed by atoms with Gasteiger partial charge in [0.1, 0.15) is 0 Å². The number of nitrogens with zero attached hydrogens (tertiary/aromatic N) is 4. The molecule has 9 heteroatoms. The monoisotopic (exact) mass is 460 g/mol. The largest absolute Gasteiger partial charge is 0.293 e. The van der Waals surface area contributed by atoms with Gasteiger partial charge in [-0.1, -0.05) is 51.6 Å². The van der Waals surface area contributed by atoms with Crippen molar-refractivity contribution in [3.63, 3.8) is 0 Å². The molecule has 2 aromatic heterocycles. The average molecular weight is 461 g/mol. The number of hydrogen-bond acceptors (Lipinski definition) is 6. The minimum absolute atomic E-state index is 0.0285. The van der Waals surface area contributed by atoms with Gasteiger partial charge in [-0.2, -0.15) is 4.31 Å². The van der Waals surface area contributed by atoms with Crippen LogP contribution in [0.15, 0.2) is 46.6 Å². The van der Waals surface area contributed by atoms with Crippen molar-refractivity contribution < 1.29 is 13.2 Å². The lowest BCUT2D eigenvalue weighted by atomic mass is 9.98. The van der Waals surface area contributed by atoms with Gasteiger partial charge in [-0.3, -0.25) is 9.20 Å². The van der Waals surface area contributed by atoms with E-state index in [1.807, 2.05) is 32.9 Å². The number of rotatable bonds is 10. The smallest absolute Gasteiger partial charge is 0.244 e. The van der Waals surface area contributed by atoms with E-state index < -0.39 is 10.0 Å². The lowest BCUT2D eigenvalue weighted by molar-refractivity contribution is 0.102. The first-order valence-electron chi connectivity index (χ1n) is 10.5. The summed E-state index contributed by atoms with van der Waals surface area (Å²) < 4.78 is 28.8. The van der Waals surface area contributed by atoms with Gasteiger partial charge in [-0.05, 0) is 42.2 Å². The molecule has 2 heterocycles. The van der Waals surface area contributed by atoms with E-state index in [2.05, 4.69) is 23.2 Å². The highest BCUT2D eigenvalue weighted by molar-refractivity contribution is 7.99. The molecule has 0 saturated heterocycles. The molecule has 0 bridgehead atoms. The van der Waals surface area contributed by atoms with E-state index >= 15 is 0 Å². The Morgan fingerprint density at radius 3 is 2.42 bits per heavy atom. The summed E-state index contributed by atoms with van der Waals surface area (Å²) in [5.41, 5.74) is 3.44. The van der Waals surface area contributed by atoms with Gasteiger partial charge in [-0.25, -0.2) is 8.42 Å². The van der Waals surface area contributed by atoms with Crippen molar-refractivity contribution in [3.8, 4) is 0 Å². The number of carbonyl (C=O) groups excluding carboxylic acids is 1. The van der Waals surface area contributed by atoms with Crippen molar-refractivity contribution in [1.82, 2.24) is 18.9 Å². The van der Waals surface area contributed by atoms with Crippen molar-refractivity contribution in [1.29, 1.82) is 0 Å². The molecule has 0 atom stereocenters. The number of hydrogen-bond donors (Lipinski definition) is 0. The van der Waals surface area contributed by atoms with E-state index in [1.165, 1.54) is 22.3 Å². The number of fused-ring (bicyclic) bond motifs is 1. The first-order valence-corrected chi connectivity index (χ1v) is 12.9. The highest BCUT2D eigenvalue weighted by atomic mass is 32.2. The summed E-state index contributed by atoms with van der Waals surface area (Å²) >= 11 is 1.26. The Labute approximate surface area is 187 Å². The normalized spacial score (nSPS) is 12.0. The number of benzene rings is 1. The minimum Gasteiger partial charge on any atom is -0.293 e. The van der Waals surface area contributed by atoms with Crippen LogP contribution in [0.2, 0.25) is 0 Å². The lowest BCUT2D eigenvalue weighted by Crippen LogP contribution is -2.30. The molecule has 0 unspecified atom stereocenters. The van der Waals surface area contributed by atoms with Gasteiger partial charge in [0.05, 0.1) is 10.6 Å². The number of ketones is 1. The fraction of sp³-hybridized carbons (Fsp3) is 0.409. The van der Waals surface area contributed by atoms with Crippen molar-refractivity contribution in [2.45, 2.75) is 50.6 Å². The molecular formula is C22H28N4O3S2. The van der Waals surface area contributed by atoms with Crippen LogP contribution < -0.4 is 0 Å². The highest BCUT2D eigenvalue weighted by Crippen LogP contribution is 2.23. The molecule has 3 aromatic rings. The molecule has 1 aromatic carbocycles. The second-order valence-corrected chi connectivity index (χ2v) is 9.96. The van der Waals surface area contributed by atoms with E-state index in [0.29, 0.717) is 23.9 Å². The van der Waals surface area contributed by atoms with Crippen LogP contribution in [0.1, 0.15) is 49.2 Å². The van der Waals surface area contributed by atoms with Gasteiger partial charge in [0.15, 0.2) is 16.6 Å². The van der Waals surface area contributed by atoms with Crippen LogP contribution in [-0.2, 0) is 22.9 Å². The van der Waals surface area contributed by atoms with Gasteiger partial charge in [0.2, 0.25) is 10.0 Å². The van der Waals surface area contributed by atoms with Gasteiger partial charge in [0, 0.05) is 24.8 Å². The van der Waals surface area contributed by atoms with Gasteiger partial charge in [0.25, 0.3) is 0 Å². The topological polar surface area (TPSA) is 84.6 Å². The van der Waals surface area contributed by atoms with Crippen molar-refractivity contribution in [3.05, 3.63) is 53.2 Å². The Morgan fingerprint density at radius 1 is 1.03 bits per heavy atom. The molecule has 0 radical (unpaired) electrons. The van der Waals surface area contributed by atoms with Crippen molar-refractivity contribution in [2.24, 2.45) is 0 Å². The predicted octanol–water partition coefficient (Wildman–Crippen LogP) is 3.86. The third-order valence-electron chi connectivity index (χ3n) is 5.28. The molecule has 7 nitrogen and oxygen atoms in total. The molecule has 0 spiro atoms. The van der Waals surface area contributed by atoms with Crippen LogP contribution in [0.5, 0.6) is 0 Å². The molecular weight excluding hydrogens is 432 g/mol. The van der Waals surface area contributed by atoms with Gasteiger partial charge >= 0.3 is 0 Å². The number of Topliss-reactive ketones (excluding diaryl/α,β-unsaturated/α-hetero) is 1. The molecule has 0 aliphatic heterocycles. The maximum Gasteiger partial charge on any atom is 0.244 e. The third-order valence-corrected chi connectivity index (χ3v) is 8.26. The molecule has 0 amide bonds. The summed E-state index contributed by atoms with van der Waals surface area (Å²) in [4.78, 5) is 13.1. The summed E-state index contributed by atoms with van der Waals surface area (Å²) in [6.45, 7) is 8.51. The standard InChI is InChI=1S/C22H28N4O3S2/c1-5-16-9-10-17(6-2)19(13-16)20(27)15-30-22-24-23-21-12-11-18(14-26(21)22)31(28,29)25(7-3)8-4/h9-14H,5-8,15H2,1-4H3. The number of thioether (sulfide) groups is 1. The maximum absolute atomic E-state index is 12.9. The zero-order chi connectivity index (χ0) is 22.6. The fourth-order valence-electron chi connectivity index (χ4n) is 3.43. The summed E-state index contributed by atoms with van der Waals surface area (Å²) in [5, 5.41) is 8.76. The van der Waals surface area contributed by atoms with Crippen LogP contribution in [0.4, 0.5) is 0 Å². The van der Waals surface area contributed by atoms with Crippen molar-refractivity contribution in [2.75, 3.05) is 18.8 Å². The second kappa shape index (κ2) is 9.93. The first kappa shape index (κ1) is 23.4. The van der Waals surface area contributed by atoms with Gasteiger partial charge in [-0.15, -0.1) is 10.2 Å². The van der Waals surface area contributed by atoms with Crippen molar-refractivity contribution >= 4 is 33.2 Å². The molecule has 0 aliphatic rings. The van der Waals surface area contributed by atoms with E-state index in [1.54, 1.807) is 16.5 Å². The lowest BCUT2D eigenvalue weighted by Gasteiger charge is -2.18. The zero-order valence-electron chi connectivity index (χ0n) is 18.3. The number of sulfonamides is 1. The Hall–Kier alpha value is -2.23. The average Bonchev–Trinajstić information content (AvgIpc) is 3.19. The molecule has 0 N–H and O–H groups in total. The summed E-state index contributed by atoms with van der Waals surface area (Å²) in [5.74, 6) is 0.231. The second-order valence-electron chi connectivity index (χ2n) is 7.08. The quantitative estimate of drug-likeness (QED) is 0.337. The van der Waals surface area contributed by atoms with Crippen LogP contribution >= 0.6 is 11.8 Å². The zero-order valence-corrected chi connectivity index (χ0v) is 20.0. The summed E-state index contributed by atoms with van der Waals surface area (Å²) in [7, 11) is -3.60. The molecule has 31 heavy (non-hydrogen) atoms. The van der Waals surface area contributed by atoms with E-state index in [9.17, 15) is 13.2 Å². The van der Waals surface area contributed by atoms with Crippen LogP contribution in [0.25, 0.3) is 5.65 Å². The molecule has 3 rings (SSSR count). The fourth-order valence-corrected chi connectivity index (χ4v) is 5.69. The number of carbonyl (C=O) groups is 1. The predicted molar refractivity (Wildman–Crippen MR) is 123 cm³/mol. The maximum atomic E-state index is 12.9. The molecule has 166 valence electrons. The Kier molecular flexibility index (Phi) is 7.51. The molecule has 0 fully saturated rings. The third kappa shape index (κ3) is 4.83. The number of aryl methyl sites for hydroxylation is 2. The number of pyridine rings is 1. The summed E-state index contributed by atoms with van der Waals surface area (Å²) in [6, 6.07) is 9.23. The van der Waals surface area contributed by atoms with Gasteiger partial charge < -0.3 is 0 Å². The van der Waals surface area contributed by atoms with E-state index in [-0.39, 0.29) is 16.4 Å². The summed E-state index contributed by atoms with van der Waals surface area (Å²) in [6.07, 6.45) is 3.19. The van der Waals surface area contributed by atoms with Crippen LogP contribution in [0, 0.1) is 0 Å². The highest BCUT2D eigenvalue weighted by Gasteiger charge is 2.23. The Bertz CT molecular complexity index is 1180. The number of aromatic nitrogens is 3. The molecule has 0 saturated carbocycles. The Balaban J connectivity index is 1.87. The van der Waals surface area contributed by atoms with Crippen LogP contribution in [-0.4, -0.2) is 51.9 Å². The molecule has 0 aliphatic carbocycles.